The Balaban J connectivity index is 2.18. The molecule has 0 aliphatic carbocycles. The molecule has 2 aromatic rings. The lowest BCUT2D eigenvalue weighted by atomic mass is 10.1. The normalized spacial score (nSPS) is 10.7. The van der Waals surface area contributed by atoms with Crippen molar-refractivity contribution in [3.63, 3.8) is 0 Å². The second kappa shape index (κ2) is 5.45. The molecule has 0 fully saturated rings. The predicted octanol–water partition coefficient (Wildman–Crippen LogP) is 3.01. The number of rotatable bonds is 3. The first-order valence-corrected chi connectivity index (χ1v) is 6.33. The van der Waals surface area contributed by atoms with Crippen molar-refractivity contribution < 1.29 is 13.7 Å². The standard InChI is InChI=1S/C15H17FN2O2/c1-9-7-12(5-6-14(9)16)15(19)18(4)8-13-10(2)17-20-11(13)3/h5-7H,8H2,1-4H3. The van der Waals surface area contributed by atoms with E-state index < -0.39 is 0 Å². The van der Waals surface area contributed by atoms with E-state index in [4.69, 9.17) is 4.52 Å². The van der Waals surface area contributed by atoms with Crippen LogP contribution in [0.2, 0.25) is 0 Å². The molecule has 0 aliphatic rings. The van der Waals surface area contributed by atoms with E-state index in [2.05, 4.69) is 5.16 Å². The van der Waals surface area contributed by atoms with Crippen molar-refractivity contribution in [1.82, 2.24) is 10.1 Å². The smallest absolute Gasteiger partial charge is 0.253 e. The highest BCUT2D eigenvalue weighted by molar-refractivity contribution is 5.94. The van der Waals surface area contributed by atoms with Gasteiger partial charge in [-0.2, -0.15) is 0 Å². The van der Waals surface area contributed by atoms with Crippen LogP contribution < -0.4 is 0 Å². The molecule has 0 atom stereocenters. The van der Waals surface area contributed by atoms with Crippen molar-refractivity contribution in [1.29, 1.82) is 0 Å². The Labute approximate surface area is 117 Å². The number of hydrogen-bond donors (Lipinski definition) is 0. The third kappa shape index (κ3) is 2.71. The van der Waals surface area contributed by atoms with Crippen LogP contribution in [0.3, 0.4) is 0 Å². The van der Waals surface area contributed by atoms with E-state index in [1.807, 2.05) is 13.8 Å². The van der Waals surface area contributed by atoms with Crippen LogP contribution in [0.15, 0.2) is 22.7 Å². The van der Waals surface area contributed by atoms with E-state index in [-0.39, 0.29) is 11.7 Å². The minimum absolute atomic E-state index is 0.159. The highest BCUT2D eigenvalue weighted by atomic mass is 19.1. The molecular weight excluding hydrogens is 259 g/mol. The van der Waals surface area contributed by atoms with Gasteiger partial charge in [0.25, 0.3) is 5.91 Å². The molecule has 0 N–H and O–H groups in total. The largest absolute Gasteiger partial charge is 0.361 e. The van der Waals surface area contributed by atoms with Crippen molar-refractivity contribution in [3.05, 3.63) is 52.2 Å². The molecule has 1 amide bonds. The predicted molar refractivity (Wildman–Crippen MR) is 72.9 cm³/mol. The van der Waals surface area contributed by atoms with Crippen LogP contribution >= 0.6 is 0 Å². The summed E-state index contributed by atoms with van der Waals surface area (Å²) in [5.74, 6) is 0.237. The number of benzene rings is 1. The Bertz CT molecular complexity index is 630. The number of carbonyl (C=O) groups is 1. The molecule has 0 unspecified atom stereocenters. The van der Waals surface area contributed by atoms with E-state index in [1.165, 1.54) is 12.1 Å². The number of halogens is 1. The summed E-state index contributed by atoms with van der Waals surface area (Å²) in [6.07, 6.45) is 0. The number of amides is 1. The van der Waals surface area contributed by atoms with Crippen LogP contribution in [-0.4, -0.2) is 23.0 Å². The summed E-state index contributed by atoms with van der Waals surface area (Å²) in [6, 6.07) is 4.36. The monoisotopic (exact) mass is 276 g/mol. The van der Waals surface area contributed by atoms with E-state index in [9.17, 15) is 9.18 Å². The Morgan fingerprint density at radius 3 is 2.60 bits per heavy atom. The zero-order chi connectivity index (χ0) is 14.9. The van der Waals surface area contributed by atoms with Gasteiger partial charge in [0.15, 0.2) is 0 Å². The maximum atomic E-state index is 13.2. The molecule has 0 bridgehead atoms. The summed E-state index contributed by atoms with van der Waals surface area (Å²) >= 11 is 0. The topological polar surface area (TPSA) is 46.3 Å². The van der Waals surface area contributed by atoms with Gasteiger partial charge in [0.2, 0.25) is 0 Å². The van der Waals surface area contributed by atoms with Gasteiger partial charge in [-0.15, -0.1) is 0 Å². The second-order valence-electron chi connectivity index (χ2n) is 4.93. The van der Waals surface area contributed by atoms with Gasteiger partial charge in [-0.05, 0) is 44.5 Å². The number of carbonyl (C=O) groups excluding carboxylic acids is 1. The highest BCUT2D eigenvalue weighted by Crippen LogP contribution is 2.16. The van der Waals surface area contributed by atoms with Crippen LogP contribution in [0.4, 0.5) is 4.39 Å². The Hall–Kier alpha value is -2.17. The van der Waals surface area contributed by atoms with Crippen molar-refractivity contribution in [2.45, 2.75) is 27.3 Å². The van der Waals surface area contributed by atoms with E-state index in [0.29, 0.717) is 23.4 Å². The molecule has 4 nitrogen and oxygen atoms in total. The summed E-state index contributed by atoms with van der Waals surface area (Å²) in [5, 5.41) is 3.86. The van der Waals surface area contributed by atoms with Gasteiger partial charge in [0.1, 0.15) is 11.6 Å². The second-order valence-corrected chi connectivity index (χ2v) is 4.93. The van der Waals surface area contributed by atoms with Gasteiger partial charge >= 0.3 is 0 Å². The summed E-state index contributed by atoms with van der Waals surface area (Å²) in [5.41, 5.74) is 2.61. The third-order valence-electron chi connectivity index (χ3n) is 3.33. The van der Waals surface area contributed by atoms with Gasteiger partial charge in [-0.1, -0.05) is 5.16 Å². The van der Waals surface area contributed by atoms with Gasteiger partial charge < -0.3 is 9.42 Å². The molecule has 0 aliphatic heterocycles. The average Bonchev–Trinajstić information content (AvgIpc) is 2.72. The minimum Gasteiger partial charge on any atom is -0.361 e. The van der Waals surface area contributed by atoms with Crippen LogP contribution in [0.1, 0.15) is 32.9 Å². The summed E-state index contributed by atoms with van der Waals surface area (Å²) in [7, 11) is 1.70. The molecule has 106 valence electrons. The quantitative estimate of drug-likeness (QED) is 0.865. The summed E-state index contributed by atoms with van der Waals surface area (Å²) in [6.45, 7) is 5.71. The van der Waals surface area contributed by atoms with Gasteiger partial charge in [0.05, 0.1) is 12.2 Å². The maximum Gasteiger partial charge on any atom is 0.253 e. The van der Waals surface area contributed by atoms with Gasteiger partial charge in [0, 0.05) is 18.2 Å². The minimum atomic E-state index is -0.310. The maximum absolute atomic E-state index is 13.2. The number of aryl methyl sites for hydroxylation is 3. The molecule has 5 heteroatoms. The fourth-order valence-corrected chi connectivity index (χ4v) is 2.03. The number of aromatic nitrogens is 1. The molecule has 2 rings (SSSR count). The zero-order valence-corrected chi connectivity index (χ0v) is 12.0. The van der Waals surface area contributed by atoms with Crippen molar-refractivity contribution >= 4 is 5.91 Å². The molecule has 0 spiro atoms. The molecule has 1 heterocycles. The van der Waals surface area contributed by atoms with E-state index in [0.717, 1.165) is 11.3 Å². The fourth-order valence-electron chi connectivity index (χ4n) is 2.03. The average molecular weight is 276 g/mol. The molecule has 0 radical (unpaired) electrons. The van der Waals surface area contributed by atoms with E-state index >= 15 is 0 Å². The molecule has 1 aromatic carbocycles. The molecule has 0 saturated heterocycles. The summed E-state index contributed by atoms with van der Waals surface area (Å²) < 4.78 is 18.3. The van der Waals surface area contributed by atoms with Crippen LogP contribution in [0.25, 0.3) is 0 Å². The van der Waals surface area contributed by atoms with Crippen LogP contribution in [0, 0.1) is 26.6 Å². The van der Waals surface area contributed by atoms with Gasteiger partial charge in [-0.25, -0.2) is 4.39 Å². The third-order valence-corrected chi connectivity index (χ3v) is 3.33. The lowest BCUT2D eigenvalue weighted by Gasteiger charge is -2.17. The Morgan fingerprint density at radius 2 is 2.05 bits per heavy atom. The first-order valence-electron chi connectivity index (χ1n) is 6.33. The Kier molecular flexibility index (Phi) is 3.88. The van der Waals surface area contributed by atoms with Crippen LogP contribution in [0.5, 0.6) is 0 Å². The molecule has 20 heavy (non-hydrogen) atoms. The molecule has 1 aromatic heterocycles. The molecule has 0 saturated carbocycles. The van der Waals surface area contributed by atoms with Crippen molar-refractivity contribution in [3.8, 4) is 0 Å². The van der Waals surface area contributed by atoms with E-state index in [1.54, 1.807) is 24.9 Å². The number of nitrogens with zero attached hydrogens (tertiary/aromatic N) is 2. The summed E-state index contributed by atoms with van der Waals surface area (Å²) in [4.78, 5) is 13.9. The van der Waals surface area contributed by atoms with Gasteiger partial charge in [-0.3, -0.25) is 4.79 Å². The lowest BCUT2D eigenvalue weighted by molar-refractivity contribution is 0.0784. The SMILES string of the molecule is Cc1cc(C(=O)N(C)Cc2c(C)noc2C)ccc1F. The van der Waals surface area contributed by atoms with Crippen molar-refractivity contribution in [2.75, 3.05) is 7.05 Å². The number of hydrogen-bond acceptors (Lipinski definition) is 3. The first-order chi connectivity index (χ1) is 9.40. The lowest BCUT2D eigenvalue weighted by Crippen LogP contribution is -2.26. The van der Waals surface area contributed by atoms with Crippen LogP contribution in [-0.2, 0) is 6.54 Å². The Morgan fingerprint density at radius 1 is 1.35 bits per heavy atom. The van der Waals surface area contributed by atoms with Crippen molar-refractivity contribution in [2.24, 2.45) is 0 Å². The highest BCUT2D eigenvalue weighted by Gasteiger charge is 2.17. The fraction of sp³-hybridized carbons (Fsp3) is 0.333. The zero-order valence-electron chi connectivity index (χ0n) is 12.0. The first kappa shape index (κ1) is 14.2. The molecular formula is C15H17FN2O2.